The van der Waals surface area contributed by atoms with Gasteiger partial charge >= 0.3 is 0 Å². The summed E-state index contributed by atoms with van der Waals surface area (Å²) in [5.41, 5.74) is 1.70. The van der Waals surface area contributed by atoms with Crippen LogP contribution in [-0.4, -0.2) is 0 Å². The molecule has 0 saturated heterocycles. The van der Waals surface area contributed by atoms with Crippen LogP contribution < -0.4 is 0 Å². The van der Waals surface area contributed by atoms with Crippen LogP contribution in [0, 0.1) is 22.7 Å². The molecule has 2 nitrogen and oxygen atoms in total. The van der Waals surface area contributed by atoms with Crippen LogP contribution in [0.25, 0.3) is 5.57 Å². The van der Waals surface area contributed by atoms with Crippen LogP contribution >= 0.6 is 0 Å². The Morgan fingerprint density at radius 2 is 1.92 bits per heavy atom. The number of rotatable bonds is 2. The van der Waals surface area contributed by atoms with Gasteiger partial charge in [-0.2, -0.15) is 10.5 Å². The normalized spacial score (nSPS) is 10.2. The lowest BCUT2D eigenvalue weighted by atomic mass is 10.0. The minimum Gasteiger partial charge on any atom is -0.198 e. The predicted molar refractivity (Wildman–Crippen MR) is 50.3 cm³/mol. The van der Waals surface area contributed by atoms with Crippen molar-refractivity contribution in [3.05, 3.63) is 42.0 Å². The van der Waals surface area contributed by atoms with E-state index in [0.29, 0.717) is 0 Å². The van der Waals surface area contributed by atoms with E-state index in [4.69, 9.17) is 10.5 Å². The SMILES string of the molecule is N#C/C=C(\CC#N)c1ccccc1. The zero-order valence-corrected chi connectivity index (χ0v) is 7.07. The molecule has 0 radical (unpaired) electrons. The fraction of sp³-hybridized carbons (Fsp3) is 0.0909. The molecule has 0 bridgehead atoms. The summed E-state index contributed by atoms with van der Waals surface area (Å²) >= 11 is 0. The molecular weight excluding hydrogens is 160 g/mol. The minimum absolute atomic E-state index is 0.275. The maximum atomic E-state index is 8.52. The van der Waals surface area contributed by atoms with Crippen LogP contribution in [0.15, 0.2) is 36.4 Å². The first-order valence-electron chi connectivity index (χ1n) is 3.89. The van der Waals surface area contributed by atoms with E-state index < -0.39 is 0 Å². The number of benzene rings is 1. The van der Waals surface area contributed by atoms with Gasteiger partial charge in [0.05, 0.1) is 18.6 Å². The molecule has 0 unspecified atom stereocenters. The molecule has 13 heavy (non-hydrogen) atoms. The lowest BCUT2D eigenvalue weighted by molar-refractivity contribution is 1.35. The highest BCUT2D eigenvalue weighted by Gasteiger charge is 1.98. The third-order valence-electron chi connectivity index (χ3n) is 1.65. The molecule has 0 amide bonds. The highest BCUT2D eigenvalue weighted by atomic mass is 14.2. The van der Waals surface area contributed by atoms with Gasteiger partial charge in [-0.1, -0.05) is 30.3 Å². The number of hydrogen-bond donors (Lipinski definition) is 0. The third kappa shape index (κ3) is 2.47. The molecule has 0 atom stereocenters. The predicted octanol–water partition coefficient (Wildman–Crippen LogP) is 2.51. The van der Waals surface area contributed by atoms with E-state index in [2.05, 4.69) is 0 Å². The topological polar surface area (TPSA) is 47.6 Å². The highest BCUT2D eigenvalue weighted by Crippen LogP contribution is 2.16. The van der Waals surface area contributed by atoms with E-state index >= 15 is 0 Å². The fourth-order valence-electron chi connectivity index (χ4n) is 1.05. The van der Waals surface area contributed by atoms with Gasteiger partial charge in [-0.3, -0.25) is 0 Å². The molecule has 0 aromatic heterocycles. The van der Waals surface area contributed by atoms with Gasteiger partial charge in [0.25, 0.3) is 0 Å². The van der Waals surface area contributed by atoms with Gasteiger partial charge in [-0.25, -0.2) is 0 Å². The number of nitriles is 2. The zero-order chi connectivity index (χ0) is 9.52. The summed E-state index contributed by atoms with van der Waals surface area (Å²) in [5, 5.41) is 17.0. The Bertz CT molecular complexity index is 377. The molecule has 0 aliphatic carbocycles. The summed E-state index contributed by atoms with van der Waals surface area (Å²) < 4.78 is 0. The Morgan fingerprint density at radius 1 is 1.23 bits per heavy atom. The molecule has 62 valence electrons. The van der Waals surface area contributed by atoms with Crippen LogP contribution in [0.2, 0.25) is 0 Å². The molecule has 0 spiro atoms. The van der Waals surface area contributed by atoms with Gasteiger partial charge < -0.3 is 0 Å². The Kier molecular flexibility index (Phi) is 3.30. The minimum atomic E-state index is 0.275. The fourth-order valence-corrected chi connectivity index (χ4v) is 1.05. The van der Waals surface area contributed by atoms with Crippen molar-refractivity contribution >= 4 is 5.57 Å². The second kappa shape index (κ2) is 4.74. The summed E-state index contributed by atoms with van der Waals surface area (Å²) in [4.78, 5) is 0. The molecule has 0 fully saturated rings. The highest BCUT2D eigenvalue weighted by molar-refractivity contribution is 5.68. The smallest absolute Gasteiger partial charge is 0.0915 e. The lowest BCUT2D eigenvalue weighted by Crippen LogP contribution is -1.81. The molecule has 1 aromatic rings. The maximum Gasteiger partial charge on any atom is 0.0915 e. The average molecular weight is 168 g/mol. The molecule has 1 rings (SSSR count). The molecule has 1 aromatic carbocycles. The average Bonchev–Trinajstić information content (AvgIpc) is 2.19. The van der Waals surface area contributed by atoms with Crippen molar-refractivity contribution in [2.24, 2.45) is 0 Å². The summed E-state index contributed by atoms with van der Waals surface area (Å²) in [5.74, 6) is 0. The Balaban J connectivity index is 2.99. The molecule has 2 heteroatoms. The van der Waals surface area contributed by atoms with E-state index in [0.717, 1.165) is 11.1 Å². The molecular formula is C11H8N2. The molecule has 0 saturated carbocycles. The molecule has 0 N–H and O–H groups in total. The summed E-state index contributed by atoms with van der Waals surface area (Å²) in [6.45, 7) is 0. The van der Waals surface area contributed by atoms with Crippen LogP contribution in [0.5, 0.6) is 0 Å². The quantitative estimate of drug-likeness (QED) is 0.637. The van der Waals surface area contributed by atoms with Crippen molar-refractivity contribution < 1.29 is 0 Å². The third-order valence-corrected chi connectivity index (χ3v) is 1.65. The monoisotopic (exact) mass is 168 g/mol. The molecule has 0 heterocycles. The maximum absolute atomic E-state index is 8.52. The molecule has 0 aliphatic rings. The lowest BCUT2D eigenvalue weighted by Gasteiger charge is -1.99. The van der Waals surface area contributed by atoms with E-state index in [1.807, 2.05) is 42.5 Å². The van der Waals surface area contributed by atoms with Crippen molar-refractivity contribution in [1.29, 1.82) is 10.5 Å². The van der Waals surface area contributed by atoms with E-state index in [9.17, 15) is 0 Å². The van der Waals surface area contributed by atoms with Crippen molar-refractivity contribution in [1.82, 2.24) is 0 Å². The zero-order valence-electron chi connectivity index (χ0n) is 7.07. The Hall–Kier alpha value is -2.06. The van der Waals surface area contributed by atoms with Gasteiger partial charge in [-0.15, -0.1) is 0 Å². The van der Waals surface area contributed by atoms with Crippen molar-refractivity contribution in [2.45, 2.75) is 6.42 Å². The van der Waals surface area contributed by atoms with Gasteiger partial charge in [0.2, 0.25) is 0 Å². The summed E-state index contributed by atoms with van der Waals surface area (Å²) in [7, 11) is 0. The largest absolute Gasteiger partial charge is 0.198 e. The second-order valence-corrected chi connectivity index (χ2v) is 2.50. The van der Waals surface area contributed by atoms with Crippen LogP contribution in [0.1, 0.15) is 12.0 Å². The first-order chi connectivity index (χ1) is 6.38. The van der Waals surface area contributed by atoms with Gasteiger partial charge in [0.15, 0.2) is 0 Å². The first kappa shape index (κ1) is 9.03. The standard InChI is InChI=1S/C11H8N2/c12-8-6-11(7-9-13)10-4-2-1-3-5-10/h1-6H,7H2/b11-6+. The summed E-state index contributed by atoms with van der Waals surface area (Å²) in [6.07, 6.45) is 1.69. The van der Waals surface area contributed by atoms with Gasteiger partial charge in [0, 0.05) is 6.08 Å². The number of hydrogen-bond acceptors (Lipinski definition) is 2. The Morgan fingerprint density at radius 3 is 2.46 bits per heavy atom. The van der Waals surface area contributed by atoms with Gasteiger partial charge in [-0.05, 0) is 11.1 Å². The van der Waals surface area contributed by atoms with E-state index in [1.165, 1.54) is 6.08 Å². The number of nitrogens with zero attached hydrogens (tertiary/aromatic N) is 2. The van der Waals surface area contributed by atoms with Crippen LogP contribution in [0.4, 0.5) is 0 Å². The second-order valence-electron chi connectivity index (χ2n) is 2.50. The molecule has 0 aliphatic heterocycles. The van der Waals surface area contributed by atoms with Crippen molar-refractivity contribution in [2.75, 3.05) is 0 Å². The van der Waals surface area contributed by atoms with Crippen LogP contribution in [0.3, 0.4) is 0 Å². The van der Waals surface area contributed by atoms with E-state index in [1.54, 1.807) is 0 Å². The van der Waals surface area contributed by atoms with Crippen molar-refractivity contribution in [3.8, 4) is 12.1 Å². The van der Waals surface area contributed by atoms with E-state index in [-0.39, 0.29) is 6.42 Å². The van der Waals surface area contributed by atoms with Crippen LogP contribution in [-0.2, 0) is 0 Å². The van der Waals surface area contributed by atoms with Gasteiger partial charge in [0.1, 0.15) is 0 Å². The number of allylic oxidation sites excluding steroid dienone is 2. The summed E-state index contributed by atoms with van der Waals surface area (Å²) in [6, 6.07) is 13.4. The first-order valence-corrected chi connectivity index (χ1v) is 3.89. The van der Waals surface area contributed by atoms with Crippen molar-refractivity contribution in [3.63, 3.8) is 0 Å². The Labute approximate surface area is 77.4 Å².